The van der Waals surface area contributed by atoms with Crippen molar-refractivity contribution < 1.29 is 13.0 Å². The van der Waals surface area contributed by atoms with E-state index in [1.807, 2.05) is 10.8 Å². The molecule has 127 valence electrons. The van der Waals surface area contributed by atoms with Crippen LogP contribution in [0.25, 0.3) is 0 Å². The maximum Gasteiger partial charge on any atom is 0.154 e. The zero-order valence-corrected chi connectivity index (χ0v) is 16.6. The van der Waals surface area contributed by atoms with E-state index in [0.717, 1.165) is 35.9 Å². The minimum Gasteiger partial charge on any atom is -0.327 e. The third-order valence-corrected chi connectivity index (χ3v) is 8.62. The van der Waals surface area contributed by atoms with Gasteiger partial charge in [-0.25, -0.2) is 8.42 Å². The Morgan fingerprint density at radius 3 is 1.86 bits per heavy atom. The molecule has 11 heteroatoms. The van der Waals surface area contributed by atoms with Gasteiger partial charge in [-0.3, -0.25) is 0 Å². The molecular formula is C10H23N2O3S6. The molecule has 0 aliphatic heterocycles. The van der Waals surface area contributed by atoms with Gasteiger partial charge in [-0.15, -0.1) is 0 Å². The van der Waals surface area contributed by atoms with Gasteiger partial charge < -0.3 is 16.0 Å². The molecule has 0 rings (SSSR count). The molecule has 1 unspecified atom stereocenters. The van der Waals surface area contributed by atoms with E-state index in [4.69, 9.17) is 16.0 Å². The fourth-order valence-electron chi connectivity index (χ4n) is 1.14. The Labute approximate surface area is 149 Å². The zero-order chi connectivity index (χ0) is 15.9. The lowest BCUT2D eigenvalue weighted by Crippen LogP contribution is -2.27. The lowest BCUT2D eigenvalue weighted by Gasteiger charge is -2.08. The van der Waals surface area contributed by atoms with Crippen LogP contribution in [0.4, 0.5) is 0 Å². The zero-order valence-electron chi connectivity index (χ0n) is 11.7. The Hall–Kier alpha value is 1.45. The molecule has 1 radical (unpaired) electrons. The molecule has 3 atom stereocenters. The number of hydrogen-bond acceptors (Lipinski definition) is 8. The van der Waals surface area contributed by atoms with Gasteiger partial charge in [0.05, 0.1) is 23.2 Å². The summed E-state index contributed by atoms with van der Waals surface area (Å²) < 4.78 is 29.5. The SMILES string of the molecule is N[C@H](CCSSCCSSCC[C@@H](N)CS(=O)O)C[S]=O. The van der Waals surface area contributed by atoms with Crippen molar-refractivity contribution in [1.29, 1.82) is 0 Å². The quantitative estimate of drug-likeness (QED) is 0.210. The highest BCUT2D eigenvalue weighted by Gasteiger charge is 2.06. The minimum absolute atomic E-state index is 0.0167. The maximum absolute atomic E-state index is 10.5. The molecule has 0 aromatic heterocycles. The molecule has 5 nitrogen and oxygen atoms in total. The van der Waals surface area contributed by atoms with Crippen molar-refractivity contribution in [2.75, 3.05) is 34.5 Å². The van der Waals surface area contributed by atoms with Crippen LogP contribution in [0.2, 0.25) is 0 Å². The third-order valence-electron chi connectivity index (χ3n) is 2.20. The predicted molar refractivity (Wildman–Crippen MR) is 104 cm³/mol. The summed E-state index contributed by atoms with van der Waals surface area (Å²) in [5.41, 5.74) is 11.4. The van der Waals surface area contributed by atoms with Crippen LogP contribution in [-0.2, 0) is 22.7 Å². The lowest BCUT2D eigenvalue weighted by atomic mass is 10.3. The molecule has 21 heavy (non-hydrogen) atoms. The van der Waals surface area contributed by atoms with Crippen LogP contribution >= 0.6 is 43.2 Å². The normalized spacial score (nSPS) is 15.6. The molecule has 0 bridgehead atoms. The molecule has 0 amide bonds. The summed E-state index contributed by atoms with van der Waals surface area (Å²) in [7, 11) is 7.20. The first-order chi connectivity index (χ1) is 10.1. The first kappa shape index (κ1) is 22.4. The Morgan fingerprint density at radius 1 is 0.905 bits per heavy atom. The molecule has 0 saturated carbocycles. The Kier molecular flexibility index (Phi) is 17.4. The second-order valence-electron chi connectivity index (χ2n) is 4.16. The van der Waals surface area contributed by atoms with E-state index >= 15 is 0 Å². The van der Waals surface area contributed by atoms with Gasteiger partial charge >= 0.3 is 0 Å². The monoisotopic (exact) mass is 411 g/mol. The van der Waals surface area contributed by atoms with Crippen molar-refractivity contribution in [2.24, 2.45) is 11.5 Å². The van der Waals surface area contributed by atoms with Gasteiger partial charge in [-0.05, 0) is 12.8 Å². The second-order valence-corrected chi connectivity index (χ2v) is 11.1. The van der Waals surface area contributed by atoms with Crippen LogP contribution in [0.5, 0.6) is 0 Å². The molecule has 0 aromatic rings. The Morgan fingerprint density at radius 2 is 1.38 bits per heavy atom. The molecular weight excluding hydrogens is 389 g/mol. The molecule has 0 aliphatic carbocycles. The molecule has 0 fully saturated rings. The Balaban J connectivity index is 3.19. The number of hydrogen-bond donors (Lipinski definition) is 3. The summed E-state index contributed by atoms with van der Waals surface area (Å²) in [5, 5.41) is 0. The van der Waals surface area contributed by atoms with Gasteiger partial charge in [0.15, 0.2) is 11.1 Å². The summed E-state index contributed by atoms with van der Waals surface area (Å²) >= 11 is -1.23. The highest BCUT2D eigenvalue weighted by atomic mass is 33.1. The summed E-state index contributed by atoms with van der Waals surface area (Å²) in [4.78, 5) is 0. The second kappa shape index (κ2) is 16.3. The van der Waals surface area contributed by atoms with Gasteiger partial charge in [0.2, 0.25) is 0 Å². The summed E-state index contributed by atoms with van der Waals surface area (Å²) in [6, 6.07) is -0.173. The van der Waals surface area contributed by atoms with Crippen LogP contribution in [-0.4, -0.2) is 59.6 Å². The fourth-order valence-corrected chi connectivity index (χ4v) is 7.04. The highest BCUT2D eigenvalue weighted by Crippen LogP contribution is 2.27. The lowest BCUT2D eigenvalue weighted by molar-refractivity contribution is 0.554. The summed E-state index contributed by atoms with van der Waals surface area (Å²) in [6.45, 7) is 0. The topological polar surface area (TPSA) is 106 Å². The standard InChI is InChI=1S/C10H23N2O3S6/c11-9(7-16-13)1-3-17-19-5-6-20-18-4-2-10(12)8-21(14)15/h9-10H,1-8,11-12H2,(H,14,15)/t9-,10-/m1/s1. The number of nitrogens with two attached hydrogens (primary N) is 2. The van der Waals surface area contributed by atoms with E-state index in [1.165, 1.54) is 0 Å². The van der Waals surface area contributed by atoms with E-state index in [9.17, 15) is 8.42 Å². The van der Waals surface area contributed by atoms with Crippen molar-refractivity contribution in [2.45, 2.75) is 24.9 Å². The van der Waals surface area contributed by atoms with Gasteiger partial charge in [0.1, 0.15) is 0 Å². The van der Waals surface area contributed by atoms with Crippen LogP contribution in [0.15, 0.2) is 0 Å². The van der Waals surface area contributed by atoms with Gasteiger partial charge in [-0.2, -0.15) is 0 Å². The van der Waals surface area contributed by atoms with Crippen molar-refractivity contribution >= 4 is 65.9 Å². The van der Waals surface area contributed by atoms with Gasteiger partial charge in [0, 0.05) is 35.1 Å². The van der Waals surface area contributed by atoms with Crippen LogP contribution < -0.4 is 11.5 Å². The molecule has 0 aromatic carbocycles. The minimum atomic E-state index is -1.79. The van der Waals surface area contributed by atoms with Gasteiger partial charge in [-0.1, -0.05) is 43.2 Å². The van der Waals surface area contributed by atoms with Crippen LogP contribution in [0.1, 0.15) is 12.8 Å². The predicted octanol–water partition coefficient (Wildman–Crippen LogP) is 1.62. The maximum atomic E-state index is 10.5. The van der Waals surface area contributed by atoms with Crippen molar-refractivity contribution in [1.82, 2.24) is 0 Å². The molecule has 0 spiro atoms. The van der Waals surface area contributed by atoms with E-state index in [2.05, 4.69) is 0 Å². The summed E-state index contributed by atoms with van der Waals surface area (Å²) in [5.74, 6) is 4.67. The fraction of sp³-hybridized carbons (Fsp3) is 1.00. The Bertz CT molecular complexity index is 288. The average Bonchev–Trinajstić information content (AvgIpc) is 2.40. The van der Waals surface area contributed by atoms with Crippen LogP contribution in [0.3, 0.4) is 0 Å². The molecule has 0 aliphatic rings. The van der Waals surface area contributed by atoms with E-state index in [-0.39, 0.29) is 17.8 Å². The first-order valence-electron chi connectivity index (χ1n) is 6.38. The first-order valence-corrected chi connectivity index (χ1v) is 13.5. The largest absolute Gasteiger partial charge is 0.327 e. The van der Waals surface area contributed by atoms with Gasteiger partial charge in [0.25, 0.3) is 0 Å². The van der Waals surface area contributed by atoms with E-state index in [1.54, 1.807) is 32.4 Å². The highest BCUT2D eigenvalue weighted by molar-refractivity contribution is 8.78. The molecule has 0 saturated heterocycles. The molecule has 5 N–H and O–H groups in total. The molecule has 0 heterocycles. The van der Waals surface area contributed by atoms with E-state index in [0.29, 0.717) is 17.4 Å². The van der Waals surface area contributed by atoms with Crippen LogP contribution in [0, 0.1) is 0 Å². The average molecular weight is 412 g/mol. The summed E-state index contributed by atoms with van der Waals surface area (Å²) in [6.07, 6.45) is 1.65. The van der Waals surface area contributed by atoms with Crippen molar-refractivity contribution in [3.8, 4) is 0 Å². The van der Waals surface area contributed by atoms with Crippen molar-refractivity contribution in [3.05, 3.63) is 0 Å². The smallest absolute Gasteiger partial charge is 0.154 e. The van der Waals surface area contributed by atoms with Crippen molar-refractivity contribution in [3.63, 3.8) is 0 Å². The number of rotatable bonds is 15. The third kappa shape index (κ3) is 17.6. The van der Waals surface area contributed by atoms with E-state index < -0.39 is 11.1 Å².